The summed E-state index contributed by atoms with van der Waals surface area (Å²) < 4.78 is 165. The largest absolute Gasteiger partial charge is 0.416 e. The number of alkyl halides is 7. The monoisotopic (exact) mass is 957 g/mol. The molecule has 6 aromatic rings. The van der Waals surface area contributed by atoms with E-state index in [1.807, 2.05) is 0 Å². The number of nitrogens with zero attached hydrogens (tertiary/aromatic N) is 7. The number of fused-ring (bicyclic) bond motifs is 5. The minimum atomic E-state index is -4.71. The van der Waals surface area contributed by atoms with Crippen LogP contribution in [-0.2, 0) is 45.5 Å². The van der Waals surface area contributed by atoms with E-state index in [9.17, 15) is 43.9 Å². The zero-order chi connectivity index (χ0) is 46.7. The average Bonchev–Trinajstić information content (AvgIpc) is 3.75. The van der Waals surface area contributed by atoms with E-state index in [1.165, 1.54) is 47.0 Å². The van der Waals surface area contributed by atoms with Gasteiger partial charge in [0.1, 0.15) is 35.4 Å². The Kier molecular flexibility index (Phi) is 10.7. The molecule has 3 aliphatic rings. The Bertz CT molecular complexity index is 3100. The highest BCUT2D eigenvalue weighted by Crippen LogP contribution is 2.68. The number of carbonyl (C=O) groups is 1. The number of rotatable bonds is 11. The Morgan fingerprint density at radius 2 is 1.78 bits per heavy atom. The molecule has 2 fully saturated rings. The molecule has 25 heteroatoms. The quantitative estimate of drug-likeness (QED) is 0.134. The summed E-state index contributed by atoms with van der Waals surface area (Å²) in [6.45, 7) is -1.99. The highest BCUT2D eigenvalue weighted by Gasteiger charge is 2.67. The van der Waals surface area contributed by atoms with E-state index in [4.69, 9.17) is 21.3 Å². The van der Waals surface area contributed by atoms with Crippen LogP contribution in [0.2, 0.25) is 5.02 Å². The van der Waals surface area contributed by atoms with Gasteiger partial charge in [0.05, 0.1) is 58.0 Å². The molecule has 2 N–H and O–H groups in total. The lowest BCUT2D eigenvalue weighted by Crippen LogP contribution is -2.49. The second-order valence-electron chi connectivity index (χ2n) is 16.1. The molecule has 0 radical (unpaired) electrons. The van der Waals surface area contributed by atoms with Crippen LogP contribution in [0.1, 0.15) is 53.1 Å². The highest BCUT2D eigenvalue weighted by molar-refractivity contribution is 7.92. The fraction of sp³-hybridized carbons (Fsp3) is 0.375. The van der Waals surface area contributed by atoms with Gasteiger partial charge in [-0.25, -0.2) is 31.0 Å². The number of amides is 1. The van der Waals surface area contributed by atoms with Crippen LogP contribution in [0.5, 0.6) is 0 Å². The molecule has 1 saturated carbocycles. The van der Waals surface area contributed by atoms with Gasteiger partial charge >= 0.3 is 6.18 Å². The summed E-state index contributed by atoms with van der Waals surface area (Å²) in [7, 11) is -2.58. The number of benzene rings is 3. The molecule has 1 amide bonds. The zero-order valence-corrected chi connectivity index (χ0v) is 35.2. The molecular formula is C40H33ClF9N9O5S. The maximum absolute atomic E-state index is 15.5. The predicted molar refractivity (Wildman–Crippen MR) is 216 cm³/mol. The maximum Gasteiger partial charge on any atom is 0.416 e. The molecule has 0 unspecified atom stereocenters. The van der Waals surface area contributed by atoms with Gasteiger partial charge in [-0.05, 0) is 60.4 Å². The van der Waals surface area contributed by atoms with Crippen LogP contribution in [-0.4, -0.2) is 81.7 Å². The van der Waals surface area contributed by atoms with Crippen LogP contribution in [0, 0.1) is 17.6 Å². The van der Waals surface area contributed by atoms with E-state index >= 15 is 13.6 Å². The second-order valence-corrected chi connectivity index (χ2v) is 18.2. The number of carbonyl (C=O) groups excluding carboxylic acids is 1. The summed E-state index contributed by atoms with van der Waals surface area (Å²) in [4.78, 5) is 35.3. The lowest BCUT2D eigenvalue weighted by atomic mass is 10.0. The van der Waals surface area contributed by atoms with Gasteiger partial charge in [-0.3, -0.25) is 28.2 Å². The van der Waals surface area contributed by atoms with Crippen molar-refractivity contribution in [2.45, 2.75) is 56.0 Å². The number of anilines is 2. The van der Waals surface area contributed by atoms with Crippen molar-refractivity contribution in [3.8, 4) is 5.69 Å². The highest BCUT2D eigenvalue weighted by atomic mass is 35.5. The molecule has 4 heterocycles. The summed E-state index contributed by atoms with van der Waals surface area (Å²) in [5, 5.41) is 10.4. The molecular weight excluding hydrogens is 925 g/mol. The first-order chi connectivity index (χ1) is 30.5. The van der Waals surface area contributed by atoms with E-state index in [2.05, 4.69) is 20.2 Å². The molecule has 9 rings (SSSR count). The third-order valence-corrected chi connectivity index (χ3v) is 12.5. The van der Waals surface area contributed by atoms with Gasteiger partial charge in [-0.15, -0.1) is 0 Å². The van der Waals surface area contributed by atoms with Gasteiger partial charge < -0.3 is 15.0 Å². The molecule has 1 saturated heterocycles. The van der Waals surface area contributed by atoms with Crippen molar-refractivity contribution in [3.63, 3.8) is 0 Å². The van der Waals surface area contributed by atoms with E-state index in [0.717, 1.165) is 23.0 Å². The number of nitrogens with one attached hydrogen (secondary N) is 2. The number of aromatic nitrogens is 6. The fourth-order valence-electron chi connectivity index (χ4n) is 8.85. The smallest absolute Gasteiger partial charge is 0.366 e. The Hall–Kier alpha value is -5.88. The van der Waals surface area contributed by atoms with Gasteiger partial charge in [-0.2, -0.15) is 32.1 Å². The third-order valence-electron chi connectivity index (χ3n) is 11.6. The normalized spacial score (nSPS) is 19.8. The van der Waals surface area contributed by atoms with Crippen LogP contribution in [0.4, 0.5) is 51.0 Å². The molecule has 2 aliphatic carbocycles. The standard InChI is InChI=1S/C40H33ClF9N9O5S/c1-56-33-27(6-5-24(41)31(33)36(54-56)55-65(2,62)63)59-37(52-25-13-20(3-4-21(25)38(59)61)57-7-8-64-28(15-57)40(48,49)50)26(11-17-9-18(42)12-19(43)10-17)51-29(60)16-58-34-30(32(53-58)35(44)45)22-14-23(22)39(34,46)47/h3-6,9-10,12-13,22-23,26,28,35H,7-8,11,14-16H2,1-2H3,(H,51,60)(H,54,55)/t22-,23+,26-,28+/m0/s1. The molecule has 4 atom stereocenters. The molecule has 0 spiro atoms. The minimum Gasteiger partial charge on any atom is -0.366 e. The lowest BCUT2D eigenvalue weighted by molar-refractivity contribution is -0.221. The second kappa shape index (κ2) is 15.6. The van der Waals surface area contributed by atoms with Gasteiger partial charge in [0.25, 0.3) is 17.9 Å². The average molecular weight is 958 g/mol. The summed E-state index contributed by atoms with van der Waals surface area (Å²) in [5.41, 5.74) is -3.14. The Morgan fingerprint density at radius 1 is 1.06 bits per heavy atom. The number of hydrogen-bond acceptors (Lipinski definition) is 9. The van der Waals surface area contributed by atoms with Crippen LogP contribution < -0.4 is 20.5 Å². The molecule has 65 heavy (non-hydrogen) atoms. The van der Waals surface area contributed by atoms with Crippen LogP contribution in [0.15, 0.2) is 53.3 Å². The van der Waals surface area contributed by atoms with E-state index in [0.29, 0.717) is 10.7 Å². The minimum absolute atomic E-state index is 0.00383. The summed E-state index contributed by atoms with van der Waals surface area (Å²) in [5.74, 6) is -9.64. The summed E-state index contributed by atoms with van der Waals surface area (Å²) >= 11 is 6.59. The van der Waals surface area contributed by atoms with E-state index in [1.54, 1.807) is 0 Å². The van der Waals surface area contributed by atoms with Gasteiger partial charge in [0.2, 0.25) is 15.9 Å². The molecule has 344 valence electrons. The number of sulfonamides is 1. The zero-order valence-electron chi connectivity index (χ0n) is 33.6. The molecule has 3 aromatic carbocycles. The molecule has 0 bridgehead atoms. The van der Waals surface area contributed by atoms with Crippen molar-refractivity contribution >= 4 is 60.8 Å². The van der Waals surface area contributed by atoms with Crippen molar-refractivity contribution in [1.29, 1.82) is 0 Å². The first kappa shape index (κ1) is 44.3. The Morgan fingerprint density at radius 3 is 2.46 bits per heavy atom. The van der Waals surface area contributed by atoms with E-state index in [-0.39, 0.29) is 74.7 Å². The number of ether oxygens (including phenoxy) is 1. The summed E-state index contributed by atoms with van der Waals surface area (Å²) in [6, 6.07) is 7.36. The molecule has 14 nitrogen and oxygen atoms in total. The first-order valence-corrected chi connectivity index (χ1v) is 21.9. The number of morpholine rings is 1. The van der Waals surface area contributed by atoms with Crippen LogP contribution >= 0.6 is 11.6 Å². The Labute approximate surface area is 366 Å². The molecule has 3 aromatic heterocycles. The molecule has 1 aliphatic heterocycles. The maximum atomic E-state index is 15.5. The van der Waals surface area contributed by atoms with Gasteiger partial charge in [-0.1, -0.05) is 11.6 Å². The van der Waals surface area contributed by atoms with E-state index < -0.39 is 112 Å². The SMILES string of the molecule is Cn1nc(NS(C)(=O)=O)c2c(Cl)ccc(-n3c([C@H](Cc4cc(F)cc(F)c4)NC(=O)Cn4nc(C(F)F)c5c4C(F)(F)[C@@H]4C[C@H]54)nc4cc(N5CCO[C@@H](C(F)(F)F)C5)ccc4c3=O)c21. The lowest BCUT2D eigenvalue weighted by Gasteiger charge is -2.35. The van der Waals surface area contributed by atoms with Gasteiger partial charge in [0.15, 0.2) is 11.9 Å². The predicted octanol–water partition coefficient (Wildman–Crippen LogP) is 6.79. The van der Waals surface area contributed by atoms with Crippen molar-refractivity contribution in [2.24, 2.45) is 13.0 Å². The number of halogens is 10. The van der Waals surface area contributed by atoms with Crippen molar-refractivity contribution in [2.75, 3.05) is 35.6 Å². The number of hydrogen-bond donors (Lipinski definition) is 2. The third kappa shape index (κ3) is 8.02. The fourth-order valence-corrected chi connectivity index (χ4v) is 9.58. The first-order valence-electron chi connectivity index (χ1n) is 19.6. The van der Waals surface area contributed by atoms with Crippen LogP contribution in [0.25, 0.3) is 27.5 Å². The van der Waals surface area contributed by atoms with Crippen molar-refractivity contribution in [1.82, 2.24) is 34.4 Å². The van der Waals surface area contributed by atoms with Crippen LogP contribution in [0.3, 0.4) is 0 Å². The Balaban J connectivity index is 1.24. The van der Waals surface area contributed by atoms with Gasteiger partial charge in [0, 0.05) is 43.2 Å². The topological polar surface area (TPSA) is 158 Å². The summed E-state index contributed by atoms with van der Waals surface area (Å²) in [6.07, 6.45) is -9.89. The number of aryl methyl sites for hydroxylation is 1. The van der Waals surface area contributed by atoms with Crippen molar-refractivity contribution in [3.05, 3.63) is 104 Å². The van der Waals surface area contributed by atoms with Crippen molar-refractivity contribution < 1.29 is 57.5 Å².